The highest BCUT2D eigenvalue weighted by atomic mass is 32.1. The van der Waals surface area contributed by atoms with Crippen molar-refractivity contribution in [3.63, 3.8) is 0 Å². The number of benzene rings is 1. The zero-order valence-corrected chi connectivity index (χ0v) is 13.2. The van der Waals surface area contributed by atoms with Crippen LogP contribution in [-0.2, 0) is 4.79 Å². The Hall–Kier alpha value is -2.38. The molecule has 0 aliphatic rings. The number of allylic oxidation sites excluding steroid dienone is 1. The van der Waals surface area contributed by atoms with Crippen molar-refractivity contribution in [1.29, 1.82) is 5.26 Å². The van der Waals surface area contributed by atoms with Crippen LogP contribution in [0.5, 0.6) is 5.75 Å². The summed E-state index contributed by atoms with van der Waals surface area (Å²) in [6.45, 7) is 2.11. The minimum Gasteiger partial charge on any atom is -0.423 e. The first-order chi connectivity index (χ1) is 10.7. The zero-order valence-electron chi connectivity index (χ0n) is 12.4. The lowest BCUT2D eigenvalue weighted by Crippen LogP contribution is -2.03. The van der Waals surface area contributed by atoms with Gasteiger partial charge in [0.1, 0.15) is 16.7 Å². The number of hydrogen-bond acceptors (Lipinski definition) is 4. The Kier molecular flexibility index (Phi) is 5.93. The van der Waals surface area contributed by atoms with Gasteiger partial charge in [-0.15, -0.1) is 11.3 Å². The van der Waals surface area contributed by atoms with Gasteiger partial charge >= 0.3 is 5.97 Å². The third kappa shape index (κ3) is 4.31. The number of hydrogen-bond donors (Lipinski definition) is 0. The lowest BCUT2D eigenvalue weighted by Gasteiger charge is -2.03. The van der Waals surface area contributed by atoms with Gasteiger partial charge in [0, 0.05) is 11.6 Å². The fourth-order valence-electron chi connectivity index (χ4n) is 1.98. The van der Waals surface area contributed by atoms with Gasteiger partial charge in [-0.2, -0.15) is 5.26 Å². The van der Waals surface area contributed by atoms with Crippen molar-refractivity contribution in [1.82, 2.24) is 0 Å². The molecule has 0 aliphatic carbocycles. The summed E-state index contributed by atoms with van der Waals surface area (Å²) >= 11 is 1.42. The molecule has 4 heteroatoms. The minimum absolute atomic E-state index is 0.364. The van der Waals surface area contributed by atoms with E-state index in [1.807, 2.05) is 29.7 Å². The van der Waals surface area contributed by atoms with Crippen molar-refractivity contribution < 1.29 is 9.53 Å². The third-order valence-corrected chi connectivity index (χ3v) is 3.95. The van der Waals surface area contributed by atoms with Gasteiger partial charge in [-0.3, -0.25) is 0 Å². The molecule has 1 heterocycles. The van der Waals surface area contributed by atoms with Crippen LogP contribution in [0.2, 0.25) is 0 Å². The van der Waals surface area contributed by atoms with E-state index in [0.29, 0.717) is 10.6 Å². The van der Waals surface area contributed by atoms with E-state index in [0.717, 1.165) is 30.4 Å². The standard InChI is InChI=1S/C18H17NO2S/c1-2-3-4-5-6-18(20)21-15-9-7-14(8-10-15)16-11-12-22-17(16)13-19/h5-12H,2-4H2,1H3. The summed E-state index contributed by atoms with van der Waals surface area (Å²) in [5, 5.41) is 10.9. The topological polar surface area (TPSA) is 50.1 Å². The molecule has 0 atom stereocenters. The number of esters is 1. The first-order valence-electron chi connectivity index (χ1n) is 7.21. The van der Waals surface area contributed by atoms with Crippen molar-refractivity contribution in [3.8, 4) is 22.9 Å². The molecule has 1 aromatic heterocycles. The summed E-state index contributed by atoms with van der Waals surface area (Å²) in [5.74, 6) is 0.139. The van der Waals surface area contributed by atoms with Gasteiger partial charge < -0.3 is 4.74 Å². The lowest BCUT2D eigenvalue weighted by atomic mass is 10.1. The molecular formula is C18H17NO2S. The first-order valence-corrected chi connectivity index (χ1v) is 8.09. The predicted molar refractivity (Wildman–Crippen MR) is 88.8 cm³/mol. The number of nitriles is 1. The third-order valence-electron chi connectivity index (χ3n) is 3.13. The van der Waals surface area contributed by atoms with Crippen molar-refractivity contribution in [2.45, 2.75) is 26.2 Å². The van der Waals surface area contributed by atoms with Crippen LogP contribution in [0, 0.1) is 11.3 Å². The minimum atomic E-state index is -0.364. The van der Waals surface area contributed by atoms with Gasteiger partial charge in [0.05, 0.1) is 0 Å². The number of ether oxygens (including phenoxy) is 1. The number of carbonyl (C=O) groups excluding carboxylic acids is 1. The van der Waals surface area contributed by atoms with E-state index < -0.39 is 0 Å². The fraction of sp³-hybridized carbons (Fsp3) is 0.222. The summed E-state index contributed by atoms with van der Waals surface area (Å²) < 4.78 is 5.24. The van der Waals surface area contributed by atoms with E-state index in [1.165, 1.54) is 17.4 Å². The molecule has 0 aliphatic heterocycles. The van der Waals surface area contributed by atoms with Gasteiger partial charge in [0.2, 0.25) is 0 Å². The molecule has 0 unspecified atom stereocenters. The molecule has 2 rings (SSSR count). The van der Waals surface area contributed by atoms with Crippen LogP contribution in [0.4, 0.5) is 0 Å². The number of rotatable bonds is 6. The van der Waals surface area contributed by atoms with Crippen LogP contribution in [0.3, 0.4) is 0 Å². The van der Waals surface area contributed by atoms with E-state index in [9.17, 15) is 4.79 Å². The van der Waals surface area contributed by atoms with Gasteiger partial charge in [0.15, 0.2) is 0 Å². The Balaban J connectivity index is 1.99. The highest BCUT2D eigenvalue weighted by Crippen LogP contribution is 2.28. The van der Waals surface area contributed by atoms with Crippen LogP contribution in [0.15, 0.2) is 47.9 Å². The second-order valence-corrected chi connectivity index (χ2v) is 5.68. The monoisotopic (exact) mass is 311 g/mol. The molecule has 0 amide bonds. The zero-order chi connectivity index (χ0) is 15.8. The second-order valence-electron chi connectivity index (χ2n) is 4.77. The fourth-order valence-corrected chi connectivity index (χ4v) is 2.68. The van der Waals surface area contributed by atoms with E-state index in [1.54, 1.807) is 12.1 Å². The molecule has 1 aromatic carbocycles. The van der Waals surface area contributed by atoms with Crippen LogP contribution >= 0.6 is 11.3 Å². The number of nitrogens with zero attached hydrogens (tertiary/aromatic N) is 1. The van der Waals surface area contributed by atoms with Gasteiger partial charge in [-0.1, -0.05) is 38.0 Å². The molecule has 112 valence electrons. The summed E-state index contributed by atoms with van der Waals surface area (Å²) in [6, 6.07) is 11.3. The average molecular weight is 311 g/mol. The summed E-state index contributed by atoms with van der Waals surface area (Å²) in [6.07, 6.45) is 6.37. The quantitative estimate of drug-likeness (QED) is 0.328. The average Bonchev–Trinajstić information content (AvgIpc) is 3.01. The summed E-state index contributed by atoms with van der Waals surface area (Å²) in [4.78, 5) is 12.3. The van der Waals surface area contributed by atoms with E-state index >= 15 is 0 Å². The molecule has 0 N–H and O–H groups in total. The number of thiophene rings is 1. The number of unbranched alkanes of at least 4 members (excludes halogenated alkanes) is 2. The van der Waals surface area contributed by atoms with Crippen LogP contribution in [-0.4, -0.2) is 5.97 Å². The smallest absolute Gasteiger partial charge is 0.335 e. The Labute approximate surface area is 134 Å². The summed E-state index contributed by atoms with van der Waals surface area (Å²) in [7, 11) is 0. The lowest BCUT2D eigenvalue weighted by molar-refractivity contribution is -0.129. The first kappa shape index (κ1) is 16.0. The van der Waals surface area contributed by atoms with Crippen LogP contribution in [0.1, 0.15) is 31.1 Å². The van der Waals surface area contributed by atoms with Crippen molar-refractivity contribution in [3.05, 3.63) is 52.7 Å². The Morgan fingerprint density at radius 2 is 2.09 bits per heavy atom. The molecule has 0 saturated heterocycles. The molecule has 0 bridgehead atoms. The van der Waals surface area contributed by atoms with Crippen LogP contribution in [0.25, 0.3) is 11.1 Å². The summed E-state index contributed by atoms with van der Waals surface area (Å²) in [5.41, 5.74) is 1.85. The van der Waals surface area contributed by atoms with Crippen molar-refractivity contribution in [2.24, 2.45) is 0 Å². The maximum atomic E-state index is 11.6. The van der Waals surface area contributed by atoms with Gasteiger partial charge in [-0.25, -0.2) is 4.79 Å². The predicted octanol–water partition coefficient (Wildman–Crippen LogP) is 4.94. The largest absolute Gasteiger partial charge is 0.423 e. The highest BCUT2D eigenvalue weighted by molar-refractivity contribution is 7.11. The van der Waals surface area contributed by atoms with Gasteiger partial charge in [-0.05, 0) is 35.6 Å². The van der Waals surface area contributed by atoms with Crippen molar-refractivity contribution >= 4 is 17.3 Å². The molecule has 2 aromatic rings. The molecule has 3 nitrogen and oxygen atoms in total. The van der Waals surface area contributed by atoms with Crippen LogP contribution < -0.4 is 4.74 Å². The Morgan fingerprint density at radius 1 is 1.32 bits per heavy atom. The maximum absolute atomic E-state index is 11.6. The van der Waals surface area contributed by atoms with Gasteiger partial charge in [0.25, 0.3) is 0 Å². The maximum Gasteiger partial charge on any atom is 0.335 e. The number of carbonyl (C=O) groups is 1. The van der Waals surface area contributed by atoms with E-state index in [4.69, 9.17) is 10.00 Å². The SMILES string of the molecule is CCCCC=CC(=O)Oc1ccc(-c2ccsc2C#N)cc1. The Morgan fingerprint density at radius 3 is 2.77 bits per heavy atom. The second kappa shape index (κ2) is 8.16. The molecule has 0 fully saturated rings. The molecule has 0 spiro atoms. The Bertz CT molecular complexity index is 693. The van der Waals surface area contributed by atoms with E-state index in [2.05, 4.69) is 13.0 Å². The molecule has 0 saturated carbocycles. The highest BCUT2D eigenvalue weighted by Gasteiger charge is 2.07. The molecule has 22 heavy (non-hydrogen) atoms. The molecule has 0 radical (unpaired) electrons. The molecular weight excluding hydrogens is 294 g/mol. The van der Waals surface area contributed by atoms with E-state index in [-0.39, 0.29) is 5.97 Å². The normalized spacial score (nSPS) is 10.5. The van der Waals surface area contributed by atoms with Crippen molar-refractivity contribution in [2.75, 3.05) is 0 Å².